The summed E-state index contributed by atoms with van der Waals surface area (Å²) in [4.78, 5) is 65.0. The first-order chi connectivity index (χ1) is 16.9. The number of aromatic amines is 2. The van der Waals surface area contributed by atoms with Crippen molar-refractivity contribution in [2.75, 3.05) is 17.2 Å². The van der Waals surface area contributed by atoms with Gasteiger partial charge < -0.3 is 20.5 Å². The molecule has 2 aromatic heterocycles. The van der Waals surface area contributed by atoms with Gasteiger partial charge in [-0.2, -0.15) is 0 Å². The van der Waals surface area contributed by atoms with E-state index in [1.165, 1.54) is 24.3 Å². The van der Waals surface area contributed by atoms with Gasteiger partial charge in [0, 0.05) is 36.6 Å². The molecule has 0 unspecified atom stereocenters. The Labute approximate surface area is 197 Å². The van der Waals surface area contributed by atoms with Gasteiger partial charge >= 0.3 is 0 Å². The van der Waals surface area contributed by atoms with Gasteiger partial charge in [0.1, 0.15) is 0 Å². The first-order valence-corrected chi connectivity index (χ1v) is 10.6. The van der Waals surface area contributed by atoms with Crippen LogP contribution in [0.25, 0.3) is 10.8 Å². The van der Waals surface area contributed by atoms with Gasteiger partial charge in [-0.25, -0.2) is 4.98 Å². The molecule has 3 amide bonds. The van der Waals surface area contributed by atoms with Crippen LogP contribution < -0.4 is 27.1 Å². The highest BCUT2D eigenvalue weighted by atomic mass is 16.2. The number of hydrogen-bond acceptors (Lipinski definition) is 6. The first kappa shape index (κ1) is 23.2. The zero-order valence-electron chi connectivity index (χ0n) is 18.3. The Hall–Kier alpha value is -5.00. The van der Waals surface area contributed by atoms with Gasteiger partial charge in [-0.15, -0.1) is 0 Å². The number of anilines is 2. The molecule has 0 radical (unpaired) electrons. The monoisotopic (exact) mass is 475 g/mol. The number of amides is 3. The van der Waals surface area contributed by atoms with Crippen LogP contribution in [0, 0.1) is 0 Å². The summed E-state index contributed by atoms with van der Waals surface area (Å²) < 4.78 is 1.78. The molecule has 0 saturated carbocycles. The third-order valence-electron chi connectivity index (χ3n) is 5.07. The Kier molecular flexibility index (Phi) is 6.81. The topological polar surface area (TPSA) is 171 Å². The summed E-state index contributed by atoms with van der Waals surface area (Å²) in [5.41, 5.74) is -0.230. The molecule has 178 valence electrons. The van der Waals surface area contributed by atoms with E-state index in [9.17, 15) is 24.0 Å². The van der Waals surface area contributed by atoms with E-state index in [1.54, 1.807) is 41.5 Å². The molecular formula is C23H21N7O5. The van der Waals surface area contributed by atoms with E-state index in [2.05, 4.69) is 31.1 Å². The second-order valence-electron chi connectivity index (χ2n) is 7.55. The number of carbonyl (C=O) groups is 3. The van der Waals surface area contributed by atoms with Gasteiger partial charge in [0.2, 0.25) is 11.8 Å². The summed E-state index contributed by atoms with van der Waals surface area (Å²) in [5.74, 6) is -1.34. The minimum atomic E-state index is -0.588. The summed E-state index contributed by atoms with van der Waals surface area (Å²) >= 11 is 0. The average molecular weight is 475 g/mol. The minimum Gasteiger partial charge on any atom is -0.343 e. The Balaban J connectivity index is 1.34. The molecule has 0 saturated heterocycles. The van der Waals surface area contributed by atoms with Crippen molar-refractivity contribution in [3.8, 4) is 0 Å². The van der Waals surface area contributed by atoms with E-state index in [1.807, 2.05) is 0 Å². The third kappa shape index (κ3) is 5.68. The van der Waals surface area contributed by atoms with Crippen LogP contribution in [0.15, 0.2) is 70.8 Å². The predicted octanol–water partition coefficient (Wildman–Crippen LogP) is 0.810. The van der Waals surface area contributed by atoms with Gasteiger partial charge in [0.05, 0.1) is 29.3 Å². The average Bonchev–Trinajstić information content (AvgIpc) is 3.38. The summed E-state index contributed by atoms with van der Waals surface area (Å²) in [7, 11) is 0. The molecule has 0 aliphatic heterocycles. The van der Waals surface area contributed by atoms with Crippen LogP contribution in [0.1, 0.15) is 16.8 Å². The fraction of sp³-hybridized carbons (Fsp3) is 0.130. The van der Waals surface area contributed by atoms with Crippen LogP contribution in [0.5, 0.6) is 0 Å². The molecule has 0 atom stereocenters. The van der Waals surface area contributed by atoms with E-state index in [4.69, 9.17) is 0 Å². The molecule has 12 heteroatoms. The van der Waals surface area contributed by atoms with Crippen molar-refractivity contribution in [3.05, 3.63) is 87.5 Å². The second kappa shape index (κ2) is 10.3. The highest BCUT2D eigenvalue weighted by molar-refractivity contribution is 6.04. The number of aromatic nitrogens is 4. The normalized spacial score (nSPS) is 10.6. The lowest BCUT2D eigenvalue weighted by atomic mass is 10.1. The predicted molar refractivity (Wildman–Crippen MR) is 128 cm³/mol. The molecule has 0 bridgehead atoms. The lowest BCUT2D eigenvalue weighted by Crippen LogP contribution is -2.33. The molecule has 12 nitrogen and oxygen atoms in total. The Morgan fingerprint density at radius 2 is 1.74 bits per heavy atom. The van der Waals surface area contributed by atoms with Crippen LogP contribution in [-0.4, -0.2) is 44.0 Å². The number of benzene rings is 2. The van der Waals surface area contributed by atoms with E-state index in [0.29, 0.717) is 12.2 Å². The number of H-pyrrole nitrogens is 2. The lowest BCUT2D eigenvalue weighted by Gasteiger charge is -2.10. The standard InChI is InChI=1S/C23H21N7O5/c31-18(7-9-30-10-8-24-13-30)26-15-4-1-3-14(11-15)21(33)25-12-19(32)27-17-6-2-5-16-20(17)23(35)29-28-22(16)34/h1-6,8,10-11,13H,7,9,12H2,(H,25,33)(H,26,31)(H,27,32)(H,28,34)(H,29,35). The molecule has 35 heavy (non-hydrogen) atoms. The summed E-state index contributed by atoms with van der Waals surface area (Å²) in [6.07, 6.45) is 5.23. The Morgan fingerprint density at radius 1 is 0.943 bits per heavy atom. The van der Waals surface area contributed by atoms with Crippen LogP contribution in [0.3, 0.4) is 0 Å². The number of hydrogen-bond donors (Lipinski definition) is 5. The van der Waals surface area contributed by atoms with Crippen molar-refractivity contribution in [3.63, 3.8) is 0 Å². The maximum atomic E-state index is 12.5. The molecule has 0 fully saturated rings. The first-order valence-electron chi connectivity index (χ1n) is 10.6. The largest absolute Gasteiger partial charge is 0.343 e. The zero-order valence-corrected chi connectivity index (χ0v) is 18.3. The number of carbonyl (C=O) groups excluding carboxylic acids is 3. The van der Waals surface area contributed by atoms with E-state index in [-0.39, 0.29) is 40.9 Å². The van der Waals surface area contributed by atoms with E-state index >= 15 is 0 Å². The molecule has 2 heterocycles. The van der Waals surface area contributed by atoms with Crippen molar-refractivity contribution in [2.24, 2.45) is 0 Å². The van der Waals surface area contributed by atoms with E-state index in [0.717, 1.165) is 0 Å². The molecule has 0 aliphatic rings. The van der Waals surface area contributed by atoms with Crippen molar-refractivity contribution in [1.82, 2.24) is 25.1 Å². The fourth-order valence-electron chi connectivity index (χ4n) is 3.40. The van der Waals surface area contributed by atoms with Crippen molar-refractivity contribution in [1.29, 1.82) is 0 Å². The third-order valence-corrected chi connectivity index (χ3v) is 5.07. The van der Waals surface area contributed by atoms with Crippen LogP contribution in [0.4, 0.5) is 11.4 Å². The molecule has 5 N–H and O–H groups in total. The van der Waals surface area contributed by atoms with Crippen molar-refractivity contribution >= 4 is 39.9 Å². The van der Waals surface area contributed by atoms with Gasteiger partial charge in [0.25, 0.3) is 17.0 Å². The highest BCUT2D eigenvalue weighted by Crippen LogP contribution is 2.16. The van der Waals surface area contributed by atoms with Crippen LogP contribution in [-0.2, 0) is 16.1 Å². The molecule has 4 aromatic rings. The number of nitrogens with one attached hydrogen (secondary N) is 5. The zero-order chi connectivity index (χ0) is 24.8. The number of aryl methyl sites for hydroxylation is 1. The SMILES string of the molecule is O=C(CCn1ccnc1)Nc1cccc(C(=O)NCC(=O)Nc2cccc3c(=O)[nH][nH]c(=O)c23)c1. The fourth-order valence-corrected chi connectivity index (χ4v) is 3.40. The number of rotatable bonds is 8. The smallest absolute Gasteiger partial charge is 0.272 e. The summed E-state index contributed by atoms with van der Waals surface area (Å²) in [6, 6.07) is 10.8. The van der Waals surface area contributed by atoms with Gasteiger partial charge in [-0.1, -0.05) is 12.1 Å². The quantitative estimate of drug-likeness (QED) is 0.252. The molecule has 0 aliphatic carbocycles. The maximum absolute atomic E-state index is 12.5. The Bertz CT molecular complexity index is 1500. The summed E-state index contributed by atoms with van der Waals surface area (Å²) in [6.45, 7) is 0.0931. The van der Waals surface area contributed by atoms with Gasteiger partial charge in [-0.3, -0.25) is 34.2 Å². The van der Waals surface area contributed by atoms with Crippen molar-refractivity contribution in [2.45, 2.75) is 13.0 Å². The van der Waals surface area contributed by atoms with Crippen LogP contribution >= 0.6 is 0 Å². The van der Waals surface area contributed by atoms with Crippen molar-refractivity contribution < 1.29 is 14.4 Å². The number of imidazole rings is 1. The van der Waals surface area contributed by atoms with Crippen LogP contribution in [0.2, 0.25) is 0 Å². The van der Waals surface area contributed by atoms with E-state index < -0.39 is 22.9 Å². The molecule has 2 aromatic carbocycles. The number of nitrogens with zero attached hydrogens (tertiary/aromatic N) is 2. The Morgan fingerprint density at radius 3 is 2.54 bits per heavy atom. The molecule has 4 rings (SSSR count). The molecule has 0 spiro atoms. The lowest BCUT2D eigenvalue weighted by molar-refractivity contribution is -0.116. The summed E-state index contributed by atoms with van der Waals surface area (Å²) in [5, 5.41) is 12.3. The second-order valence-corrected chi connectivity index (χ2v) is 7.55. The van der Waals surface area contributed by atoms with Gasteiger partial charge in [-0.05, 0) is 30.3 Å². The highest BCUT2D eigenvalue weighted by Gasteiger charge is 2.13. The minimum absolute atomic E-state index is 0.0346. The number of fused-ring (bicyclic) bond motifs is 1. The maximum Gasteiger partial charge on any atom is 0.272 e. The van der Waals surface area contributed by atoms with Gasteiger partial charge in [0.15, 0.2) is 0 Å². The molecular weight excluding hydrogens is 454 g/mol.